The van der Waals surface area contributed by atoms with Crippen LogP contribution >= 0.6 is 0 Å². The van der Waals surface area contributed by atoms with Crippen molar-refractivity contribution in [3.63, 3.8) is 0 Å². The summed E-state index contributed by atoms with van der Waals surface area (Å²) in [7, 11) is 3.43. The molecule has 10 rings (SSSR count). The zero-order valence-corrected chi connectivity index (χ0v) is 62.5. The van der Waals surface area contributed by atoms with Crippen molar-refractivity contribution in [3.8, 4) is 0 Å². The van der Waals surface area contributed by atoms with Crippen LogP contribution in [0.5, 0.6) is 0 Å². The van der Waals surface area contributed by atoms with Gasteiger partial charge in [0, 0.05) is 82.4 Å². The van der Waals surface area contributed by atoms with E-state index in [0.717, 1.165) is 17.5 Å². The number of nitrogens with one attached hydrogen (secondary N) is 9. The predicted molar refractivity (Wildman–Crippen MR) is 407 cm³/mol. The van der Waals surface area contributed by atoms with Gasteiger partial charge in [-0.25, -0.2) is 0 Å². The fourth-order valence-corrected chi connectivity index (χ4v) is 15.6. The van der Waals surface area contributed by atoms with E-state index in [1.54, 1.807) is 28.6 Å². The fourth-order valence-electron chi connectivity index (χ4n) is 15.6. The summed E-state index contributed by atoms with van der Waals surface area (Å²) in [4.78, 5) is 119. The number of likely N-dealkylation sites (N-methyl/N-ethyl adjacent to an activating group) is 2. The SMILES string of the molecule is CC[C@H](NC)C(=O)N[C@@H]1C(=O)N2[C@@H](CC[C@@H]1CNC(=O)CCc1cn(CCCOCCOCCOCCCNC(=O)C(NC(=O)[C@@H]3CC[C@@H]4CC[C@H](CNCCc5ccccc5)[C@H](NC(=O)[C@H](CC)NC)C(=O)N43)(c3ccccc3)c3ccccc3)nn1)CC[C@H]2C(=O)NC(c1ccccc1)c1ccccc1. The van der Waals surface area contributed by atoms with Crippen LogP contribution in [0.1, 0.15) is 137 Å². The first-order chi connectivity index (χ1) is 52.2. The first-order valence-electron chi connectivity index (χ1n) is 38.6. The Hall–Kier alpha value is -9.24. The Balaban J connectivity index is 0.632. The molecule has 0 aliphatic carbocycles. The molecule has 574 valence electrons. The van der Waals surface area contributed by atoms with Gasteiger partial charge in [0.05, 0.1) is 50.2 Å². The van der Waals surface area contributed by atoms with E-state index in [4.69, 9.17) is 14.2 Å². The molecule has 10 atom stereocenters. The summed E-state index contributed by atoms with van der Waals surface area (Å²) in [5.74, 6) is -3.20. The van der Waals surface area contributed by atoms with Crippen molar-refractivity contribution in [3.05, 3.63) is 191 Å². The lowest BCUT2D eigenvalue weighted by atomic mass is 9.81. The summed E-state index contributed by atoms with van der Waals surface area (Å²) >= 11 is 0. The molecule has 8 amide bonds. The van der Waals surface area contributed by atoms with E-state index in [9.17, 15) is 24.0 Å². The van der Waals surface area contributed by atoms with Crippen molar-refractivity contribution < 1.29 is 52.6 Å². The highest BCUT2D eigenvalue weighted by Crippen LogP contribution is 2.38. The molecule has 0 unspecified atom stereocenters. The molecule has 5 heterocycles. The average Bonchev–Trinajstić information content (AvgIpc) is 1.58. The van der Waals surface area contributed by atoms with Gasteiger partial charge < -0.3 is 71.9 Å². The van der Waals surface area contributed by atoms with E-state index in [2.05, 4.69) is 70.3 Å². The van der Waals surface area contributed by atoms with Gasteiger partial charge in [-0.15, -0.1) is 5.10 Å². The number of ether oxygens (including phenoxy) is 3. The first kappa shape index (κ1) is 80.3. The predicted octanol–water partition coefficient (Wildman–Crippen LogP) is 5.58. The minimum Gasteiger partial charge on any atom is -0.379 e. The topological polar surface area (TPSA) is 310 Å². The Morgan fingerprint density at radius 3 is 1.53 bits per heavy atom. The smallest absolute Gasteiger partial charge is 0.255 e. The van der Waals surface area contributed by atoms with Crippen molar-refractivity contribution in [2.24, 2.45) is 11.8 Å². The van der Waals surface area contributed by atoms with Crippen molar-refractivity contribution in [2.75, 3.05) is 79.9 Å². The molecule has 0 saturated carbocycles. The second-order valence-electron chi connectivity index (χ2n) is 28.4. The minimum atomic E-state index is -1.68. The van der Waals surface area contributed by atoms with Crippen LogP contribution in [-0.4, -0.2) is 200 Å². The molecule has 25 nitrogen and oxygen atoms in total. The van der Waals surface area contributed by atoms with Crippen LogP contribution in [0.15, 0.2) is 158 Å². The molecule has 9 N–H and O–H groups in total. The van der Waals surface area contributed by atoms with Crippen LogP contribution in [0.3, 0.4) is 0 Å². The van der Waals surface area contributed by atoms with Gasteiger partial charge in [-0.2, -0.15) is 0 Å². The van der Waals surface area contributed by atoms with Gasteiger partial charge in [0.25, 0.3) is 5.91 Å². The summed E-state index contributed by atoms with van der Waals surface area (Å²) in [6.45, 7) is 8.18. The van der Waals surface area contributed by atoms with E-state index < -0.39 is 65.6 Å². The molecule has 4 aliphatic heterocycles. The van der Waals surface area contributed by atoms with Crippen molar-refractivity contribution in [1.82, 2.24) is 72.6 Å². The third-order valence-electron chi connectivity index (χ3n) is 21.5. The molecule has 0 bridgehead atoms. The number of hydrogen-bond acceptors (Lipinski definition) is 16. The summed E-state index contributed by atoms with van der Waals surface area (Å²) in [5, 5.41) is 37.1. The molecule has 6 aromatic rings. The lowest BCUT2D eigenvalue weighted by molar-refractivity contribution is -0.145. The molecule has 4 fully saturated rings. The van der Waals surface area contributed by atoms with Crippen LogP contribution < -0.4 is 47.9 Å². The quantitative estimate of drug-likeness (QED) is 0.0212. The Bertz CT molecular complexity index is 3700. The average molecular weight is 1470 g/mol. The van der Waals surface area contributed by atoms with Crippen molar-refractivity contribution in [1.29, 1.82) is 0 Å². The highest BCUT2D eigenvalue weighted by Gasteiger charge is 2.52. The third-order valence-corrected chi connectivity index (χ3v) is 21.5. The number of hydrogen-bond donors (Lipinski definition) is 9. The number of aryl methyl sites for hydroxylation is 2. The van der Waals surface area contributed by atoms with E-state index in [0.29, 0.717) is 160 Å². The van der Waals surface area contributed by atoms with Crippen molar-refractivity contribution in [2.45, 2.75) is 177 Å². The first-order valence-corrected chi connectivity index (χ1v) is 38.6. The Morgan fingerprint density at radius 2 is 1.01 bits per heavy atom. The molecule has 5 aromatic carbocycles. The Kier molecular flexibility index (Phi) is 30.9. The zero-order chi connectivity index (χ0) is 75.3. The number of aromatic nitrogens is 3. The van der Waals surface area contributed by atoms with Gasteiger partial charge in [-0.05, 0) is 132 Å². The van der Waals surface area contributed by atoms with Crippen LogP contribution in [0, 0.1) is 11.8 Å². The van der Waals surface area contributed by atoms with Gasteiger partial charge >= 0.3 is 0 Å². The maximum absolute atomic E-state index is 15.2. The largest absolute Gasteiger partial charge is 0.379 e. The van der Waals surface area contributed by atoms with Crippen LogP contribution in [0.4, 0.5) is 0 Å². The zero-order valence-electron chi connectivity index (χ0n) is 62.5. The highest BCUT2D eigenvalue weighted by molar-refractivity contribution is 6.00. The number of carbonyl (C=O) groups is 8. The summed E-state index contributed by atoms with van der Waals surface area (Å²) in [5.41, 5.74) is 3.12. The molecule has 107 heavy (non-hydrogen) atoms. The Morgan fingerprint density at radius 1 is 0.533 bits per heavy atom. The standard InChI is InChI=1S/C82H110N14O11/c1-5-67(83-3)75(98)89-73-60(54-85-46-44-57-24-12-7-13-25-57)34-37-66-40-42-70(96(66)79(73)102)78(101)91-82(62-30-18-10-19-31-62,63-32-20-11-21-33-63)81(104)86-45-22-48-105-50-52-107-53-51-106-49-23-47-94-56-64(92-93-94)36-43-71(97)87-55-61-35-38-65-39-41-69(95(65)80(103)74(61)90-76(99)68(6-2)84-4)77(100)88-72(58-26-14-8-15-27-58)59-28-16-9-17-29-59/h7-21,24-33,56,60-61,65-70,72-74,83-85H,5-6,22-23,34-55H2,1-4H3,(H,86,104)(H,87,97)(H,88,100)(H,89,98)(H,90,99)(H,91,101)/t60-,61-,65+,66+,67+,68+,69+,70+,73+,74+/m1/s1. The minimum absolute atomic E-state index is 0.141. The summed E-state index contributed by atoms with van der Waals surface area (Å²) < 4.78 is 19.2. The number of benzene rings is 5. The lowest BCUT2D eigenvalue weighted by Gasteiger charge is -2.38. The van der Waals surface area contributed by atoms with Gasteiger partial charge in [-0.3, -0.25) is 43.0 Å². The lowest BCUT2D eigenvalue weighted by Crippen LogP contribution is -2.62. The van der Waals surface area contributed by atoms with Crippen LogP contribution in [0.2, 0.25) is 0 Å². The van der Waals surface area contributed by atoms with E-state index in [-0.39, 0.29) is 73.0 Å². The molecule has 1 aromatic heterocycles. The number of rotatable bonds is 41. The fraction of sp³-hybridized carbons (Fsp3) is 0.512. The molecule has 0 spiro atoms. The number of nitrogens with zero attached hydrogens (tertiary/aromatic N) is 5. The number of amides is 8. The monoisotopic (exact) mass is 1470 g/mol. The number of carbonyl (C=O) groups excluding carboxylic acids is 8. The number of fused-ring (bicyclic) bond motifs is 2. The van der Waals surface area contributed by atoms with E-state index >= 15 is 14.4 Å². The van der Waals surface area contributed by atoms with Crippen molar-refractivity contribution >= 4 is 47.3 Å². The second-order valence-corrected chi connectivity index (χ2v) is 28.4. The maximum atomic E-state index is 15.2. The van der Waals surface area contributed by atoms with Crippen LogP contribution in [-0.2, 0) is 77.5 Å². The van der Waals surface area contributed by atoms with Crippen LogP contribution in [0.25, 0.3) is 0 Å². The second kappa shape index (κ2) is 41.2. The van der Waals surface area contributed by atoms with Gasteiger partial charge in [0.15, 0.2) is 5.54 Å². The molecule has 0 radical (unpaired) electrons. The van der Waals surface area contributed by atoms with E-state index in [1.165, 1.54) is 5.56 Å². The summed E-state index contributed by atoms with van der Waals surface area (Å²) in [6.07, 6.45) is 9.94. The highest BCUT2D eigenvalue weighted by atomic mass is 16.5. The normalized spacial score (nSPS) is 20.6. The molecule has 4 saturated heterocycles. The molecular weight excluding hydrogens is 1360 g/mol. The molecule has 25 heteroatoms. The molecular formula is C82H110N14O11. The maximum Gasteiger partial charge on any atom is 0.255 e. The van der Waals surface area contributed by atoms with Gasteiger partial charge in [-0.1, -0.05) is 171 Å². The Labute approximate surface area is 629 Å². The van der Waals surface area contributed by atoms with E-state index in [1.807, 2.05) is 160 Å². The third kappa shape index (κ3) is 21.6. The summed E-state index contributed by atoms with van der Waals surface area (Å²) in [6, 6.07) is 42.7. The van der Waals surface area contributed by atoms with Gasteiger partial charge in [0.1, 0.15) is 24.2 Å². The van der Waals surface area contributed by atoms with Gasteiger partial charge in [0.2, 0.25) is 41.4 Å². The molecule has 4 aliphatic rings.